The summed E-state index contributed by atoms with van der Waals surface area (Å²) in [4.78, 5) is 13.0. The minimum absolute atomic E-state index is 0.0735. The van der Waals surface area contributed by atoms with Crippen LogP contribution >= 0.6 is 0 Å². The summed E-state index contributed by atoms with van der Waals surface area (Å²) in [6.45, 7) is 8.24. The molecule has 0 radical (unpaired) electrons. The Balaban J connectivity index is 2.37. The Bertz CT molecular complexity index is 252. The maximum Gasteiger partial charge on any atom is 0.304 e. The lowest BCUT2D eigenvalue weighted by molar-refractivity contribution is -0.137. The molecule has 0 atom stereocenters. The van der Waals surface area contributed by atoms with Gasteiger partial charge in [0.05, 0.1) is 6.42 Å². The Labute approximate surface area is 112 Å². The molecule has 0 aliphatic heterocycles. The summed E-state index contributed by atoms with van der Waals surface area (Å²) in [5.74, 6) is 0.176. The van der Waals surface area contributed by atoms with Crippen molar-refractivity contribution in [2.45, 2.75) is 71.3 Å². The van der Waals surface area contributed by atoms with Crippen LogP contribution in [0.25, 0.3) is 0 Å². The number of carbonyl (C=O) groups is 1. The van der Waals surface area contributed by atoms with Crippen LogP contribution in [0.2, 0.25) is 0 Å². The molecule has 18 heavy (non-hydrogen) atoms. The number of carboxylic acid groups (broad SMARTS) is 1. The van der Waals surface area contributed by atoms with Crippen molar-refractivity contribution >= 4 is 5.97 Å². The van der Waals surface area contributed by atoms with Crippen LogP contribution in [0, 0.1) is 5.92 Å². The molecule has 0 heterocycles. The molecule has 3 nitrogen and oxygen atoms in total. The summed E-state index contributed by atoms with van der Waals surface area (Å²) in [7, 11) is 0. The third-order valence-electron chi connectivity index (χ3n) is 4.08. The fraction of sp³-hybridized carbons (Fsp3) is 0.933. The lowest BCUT2D eigenvalue weighted by Gasteiger charge is -2.36. The van der Waals surface area contributed by atoms with Crippen molar-refractivity contribution in [2.24, 2.45) is 5.92 Å². The average molecular weight is 255 g/mol. The monoisotopic (exact) mass is 255 g/mol. The zero-order chi connectivity index (χ0) is 13.6. The second-order valence-electron chi connectivity index (χ2n) is 6.59. The molecule has 1 rings (SSSR count). The first-order valence-electron chi connectivity index (χ1n) is 7.36. The Morgan fingerprint density at radius 2 is 1.78 bits per heavy atom. The van der Waals surface area contributed by atoms with Crippen molar-refractivity contribution in [3.8, 4) is 0 Å². The molecule has 1 N–H and O–H groups in total. The largest absolute Gasteiger partial charge is 0.481 e. The molecule has 0 unspecified atom stereocenters. The van der Waals surface area contributed by atoms with E-state index in [4.69, 9.17) is 5.11 Å². The molecule has 0 spiro atoms. The van der Waals surface area contributed by atoms with Gasteiger partial charge in [0.1, 0.15) is 0 Å². The van der Waals surface area contributed by atoms with E-state index in [1.54, 1.807) is 0 Å². The predicted octanol–water partition coefficient (Wildman–Crippen LogP) is 3.53. The molecule has 0 aromatic carbocycles. The second kappa shape index (κ2) is 7.13. The van der Waals surface area contributed by atoms with Gasteiger partial charge in [-0.3, -0.25) is 9.69 Å². The average Bonchev–Trinajstić information content (AvgIpc) is 2.28. The lowest BCUT2D eigenvalue weighted by atomic mass is 9.86. The van der Waals surface area contributed by atoms with Gasteiger partial charge in [-0.1, -0.05) is 32.1 Å². The predicted molar refractivity (Wildman–Crippen MR) is 74.8 cm³/mol. The van der Waals surface area contributed by atoms with Gasteiger partial charge in [0.15, 0.2) is 0 Å². The van der Waals surface area contributed by atoms with E-state index in [1.165, 1.54) is 38.5 Å². The third-order valence-corrected chi connectivity index (χ3v) is 4.08. The first kappa shape index (κ1) is 15.5. The molecule has 1 aliphatic carbocycles. The Hall–Kier alpha value is -0.570. The summed E-state index contributed by atoms with van der Waals surface area (Å²) in [5.41, 5.74) is 0.0735. The maximum atomic E-state index is 10.7. The SMILES string of the molecule is CC(C)(C)N(CCC(=O)O)CCC1CCCCC1. The summed E-state index contributed by atoms with van der Waals surface area (Å²) >= 11 is 0. The Morgan fingerprint density at radius 1 is 1.17 bits per heavy atom. The Morgan fingerprint density at radius 3 is 2.28 bits per heavy atom. The van der Waals surface area contributed by atoms with E-state index in [0.29, 0.717) is 6.54 Å². The minimum atomic E-state index is -0.693. The van der Waals surface area contributed by atoms with Crippen LogP contribution < -0.4 is 0 Å². The molecular formula is C15H29NO2. The van der Waals surface area contributed by atoms with Crippen LogP contribution in [-0.4, -0.2) is 34.6 Å². The zero-order valence-electron chi connectivity index (χ0n) is 12.2. The highest BCUT2D eigenvalue weighted by molar-refractivity contribution is 5.66. The summed E-state index contributed by atoms with van der Waals surface area (Å²) < 4.78 is 0. The van der Waals surface area contributed by atoms with Crippen LogP contribution in [0.1, 0.15) is 65.7 Å². The van der Waals surface area contributed by atoms with Crippen molar-refractivity contribution in [1.29, 1.82) is 0 Å². The van der Waals surface area contributed by atoms with E-state index in [1.807, 2.05) is 0 Å². The molecule has 3 heteroatoms. The van der Waals surface area contributed by atoms with Crippen molar-refractivity contribution in [1.82, 2.24) is 4.90 Å². The lowest BCUT2D eigenvalue weighted by Crippen LogP contribution is -2.43. The normalized spacial score (nSPS) is 18.2. The third kappa shape index (κ3) is 5.85. The molecule has 106 valence electrons. The van der Waals surface area contributed by atoms with E-state index in [9.17, 15) is 4.79 Å². The van der Waals surface area contributed by atoms with Gasteiger partial charge in [0, 0.05) is 12.1 Å². The van der Waals surface area contributed by atoms with Crippen molar-refractivity contribution in [3.63, 3.8) is 0 Å². The van der Waals surface area contributed by atoms with Gasteiger partial charge >= 0.3 is 5.97 Å². The highest BCUT2D eigenvalue weighted by Gasteiger charge is 2.23. The Kier molecular flexibility index (Phi) is 6.13. The van der Waals surface area contributed by atoms with Crippen LogP contribution in [0.5, 0.6) is 0 Å². The molecule has 0 aromatic rings. The van der Waals surface area contributed by atoms with Crippen LogP contribution in [0.15, 0.2) is 0 Å². The quantitative estimate of drug-likeness (QED) is 0.789. The fourth-order valence-corrected chi connectivity index (χ4v) is 2.83. The summed E-state index contributed by atoms with van der Waals surface area (Å²) in [6.07, 6.45) is 8.40. The molecule has 0 aromatic heterocycles. The maximum absolute atomic E-state index is 10.7. The molecule has 0 saturated heterocycles. The van der Waals surface area contributed by atoms with Crippen molar-refractivity contribution in [2.75, 3.05) is 13.1 Å². The van der Waals surface area contributed by atoms with Gasteiger partial charge in [-0.15, -0.1) is 0 Å². The van der Waals surface area contributed by atoms with Crippen molar-refractivity contribution in [3.05, 3.63) is 0 Å². The highest BCUT2D eigenvalue weighted by atomic mass is 16.4. The van der Waals surface area contributed by atoms with Gasteiger partial charge in [-0.25, -0.2) is 0 Å². The smallest absolute Gasteiger partial charge is 0.304 e. The van der Waals surface area contributed by atoms with E-state index in [2.05, 4.69) is 25.7 Å². The topological polar surface area (TPSA) is 40.5 Å². The fourth-order valence-electron chi connectivity index (χ4n) is 2.83. The van der Waals surface area contributed by atoms with Gasteiger partial charge in [0.2, 0.25) is 0 Å². The van der Waals surface area contributed by atoms with Gasteiger partial charge in [0.25, 0.3) is 0 Å². The second-order valence-corrected chi connectivity index (χ2v) is 6.59. The van der Waals surface area contributed by atoms with Crippen LogP contribution in [-0.2, 0) is 4.79 Å². The van der Waals surface area contributed by atoms with E-state index in [0.717, 1.165) is 12.5 Å². The molecule has 1 saturated carbocycles. The van der Waals surface area contributed by atoms with Crippen molar-refractivity contribution < 1.29 is 9.90 Å². The standard InChI is InChI=1S/C15H29NO2/c1-15(2,3)16(12-10-14(17)18)11-9-13-7-5-4-6-8-13/h13H,4-12H2,1-3H3,(H,17,18). The van der Waals surface area contributed by atoms with Crippen LogP contribution in [0.4, 0.5) is 0 Å². The first-order valence-corrected chi connectivity index (χ1v) is 7.36. The van der Waals surface area contributed by atoms with E-state index >= 15 is 0 Å². The zero-order valence-corrected chi connectivity index (χ0v) is 12.2. The molecular weight excluding hydrogens is 226 g/mol. The van der Waals surface area contributed by atoms with E-state index < -0.39 is 5.97 Å². The summed E-state index contributed by atoms with van der Waals surface area (Å²) in [5, 5.41) is 8.82. The molecule has 1 fully saturated rings. The first-order chi connectivity index (χ1) is 8.39. The minimum Gasteiger partial charge on any atom is -0.481 e. The highest BCUT2D eigenvalue weighted by Crippen LogP contribution is 2.27. The number of hydrogen-bond acceptors (Lipinski definition) is 2. The number of nitrogens with zero attached hydrogens (tertiary/aromatic N) is 1. The van der Waals surface area contributed by atoms with Gasteiger partial charge in [-0.05, 0) is 39.7 Å². The van der Waals surface area contributed by atoms with Crippen LogP contribution in [0.3, 0.4) is 0 Å². The van der Waals surface area contributed by atoms with E-state index in [-0.39, 0.29) is 12.0 Å². The number of hydrogen-bond donors (Lipinski definition) is 1. The molecule has 1 aliphatic rings. The number of aliphatic carboxylic acids is 1. The number of rotatable bonds is 6. The van der Waals surface area contributed by atoms with Gasteiger partial charge < -0.3 is 5.11 Å². The molecule has 0 amide bonds. The molecule has 0 bridgehead atoms. The summed E-state index contributed by atoms with van der Waals surface area (Å²) in [6, 6.07) is 0. The number of carboxylic acids is 1. The van der Waals surface area contributed by atoms with Gasteiger partial charge in [-0.2, -0.15) is 0 Å².